The molecule has 2 rings (SSSR count). The quantitative estimate of drug-likeness (QED) is 0.105. The van der Waals surface area contributed by atoms with Crippen molar-refractivity contribution < 1.29 is 50.5 Å². The summed E-state index contributed by atoms with van der Waals surface area (Å²) in [6.07, 6.45) is -2.69. The maximum Gasteiger partial charge on any atom is 0.405 e. The largest absolute Gasteiger partial charge is 0.490 e. The lowest BCUT2D eigenvalue weighted by Crippen LogP contribution is -2.42. The van der Waals surface area contributed by atoms with Gasteiger partial charge in [-0.15, -0.1) is 0 Å². The van der Waals surface area contributed by atoms with Crippen LogP contribution in [0.15, 0.2) is 42.5 Å². The number of carbonyl (C=O) groups is 2. The normalized spacial score (nSPS) is 12.5. The van der Waals surface area contributed by atoms with Crippen molar-refractivity contribution in [3.8, 4) is 5.75 Å². The molecule has 0 radical (unpaired) electrons. The Morgan fingerprint density at radius 1 is 1.12 bits per heavy atom. The number of carbonyl (C=O) groups excluding carboxylic acids is 2. The number of non-ortho nitro benzene ring substituents is 1. The molecule has 15 heteroatoms. The van der Waals surface area contributed by atoms with Gasteiger partial charge in [0.15, 0.2) is 6.10 Å². The van der Waals surface area contributed by atoms with E-state index in [9.17, 15) is 36.9 Å². The second-order valence-electron chi connectivity index (χ2n) is 6.51. The summed E-state index contributed by atoms with van der Waals surface area (Å²) >= 11 is 2.10. The number of benzene rings is 2. The lowest BCUT2D eigenvalue weighted by atomic mass is 10.1. The third-order valence-electron chi connectivity index (χ3n) is 4.15. The van der Waals surface area contributed by atoms with Gasteiger partial charge in [-0.2, -0.15) is 17.2 Å². The van der Waals surface area contributed by atoms with E-state index < -0.39 is 55.2 Å². The van der Waals surface area contributed by atoms with E-state index >= 15 is 0 Å². The van der Waals surface area contributed by atoms with Crippen LogP contribution in [0, 0.1) is 13.7 Å². The van der Waals surface area contributed by atoms with Crippen LogP contribution in [0.25, 0.3) is 0 Å². The minimum atomic E-state index is -5.94. The van der Waals surface area contributed by atoms with Crippen molar-refractivity contribution in [1.29, 1.82) is 0 Å². The minimum Gasteiger partial charge on any atom is -0.490 e. The molecule has 11 nitrogen and oxygen atoms in total. The van der Waals surface area contributed by atoms with Crippen molar-refractivity contribution in [3.05, 3.63) is 67.3 Å². The van der Waals surface area contributed by atoms with E-state index in [0.717, 1.165) is 15.7 Å². The SMILES string of the molecule is CC(OC(=O)c1cc([N+](=O)[O-])ccc1C(=O)OCCOc1ccc(I)cc1)C(F)(F)S(=O)(=O)O. The molecule has 0 bridgehead atoms. The van der Waals surface area contributed by atoms with Gasteiger partial charge in [-0.05, 0) is 59.8 Å². The number of hydrogen-bond donors (Lipinski definition) is 1. The van der Waals surface area contributed by atoms with Crippen molar-refractivity contribution >= 4 is 50.3 Å². The monoisotopic (exact) mass is 615 g/mol. The van der Waals surface area contributed by atoms with Crippen LogP contribution in [-0.4, -0.2) is 54.4 Å². The first-order valence-electron chi connectivity index (χ1n) is 9.13. The van der Waals surface area contributed by atoms with E-state index in [4.69, 9.17) is 14.0 Å². The number of nitro groups is 1. The highest BCUT2D eigenvalue weighted by Gasteiger charge is 2.52. The molecule has 0 aliphatic carbocycles. The average Bonchev–Trinajstić information content (AvgIpc) is 2.76. The summed E-state index contributed by atoms with van der Waals surface area (Å²) in [5, 5.41) is 6.15. The Morgan fingerprint density at radius 3 is 2.29 bits per heavy atom. The van der Waals surface area contributed by atoms with Crippen LogP contribution in [0.1, 0.15) is 27.6 Å². The molecule has 0 aliphatic heterocycles. The summed E-state index contributed by atoms with van der Waals surface area (Å²) in [6.45, 7) is 0.0905. The molecule has 2 aromatic rings. The molecule has 0 heterocycles. The number of hydrogen-bond acceptors (Lipinski definition) is 9. The van der Waals surface area contributed by atoms with Gasteiger partial charge in [0, 0.05) is 15.7 Å². The molecule has 0 aromatic heterocycles. The van der Waals surface area contributed by atoms with Gasteiger partial charge in [-0.3, -0.25) is 14.7 Å². The van der Waals surface area contributed by atoms with Crippen molar-refractivity contribution in [2.45, 2.75) is 18.3 Å². The molecule has 0 spiro atoms. The molecule has 0 saturated heterocycles. The van der Waals surface area contributed by atoms with Crippen LogP contribution in [0.2, 0.25) is 0 Å². The summed E-state index contributed by atoms with van der Waals surface area (Å²) in [4.78, 5) is 34.9. The lowest BCUT2D eigenvalue weighted by molar-refractivity contribution is -0.384. The lowest BCUT2D eigenvalue weighted by Gasteiger charge is -2.21. The zero-order chi connectivity index (χ0) is 25.7. The molecule has 1 N–H and O–H groups in total. The van der Waals surface area contributed by atoms with E-state index in [-0.39, 0.29) is 13.2 Å². The zero-order valence-corrected chi connectivity index (χ0v) is 20.1. The minimum absolute atomic E-state index is 0.0866. The topological polar surface area (TPSA) is 159 Å². The number of nitrogens with zero attached hydrogens (tertiary/aromatic N) is 1. The van der Waals surface area contributed by atoms with Crippen LogP contribution < -0.4 is 4.74 Å². The van der Waals surface area contributed by atoms with Crippen molar-refractivity contribution in [2.24, 2.45) is 0 Å². The van der Waals surface area contributed by atoms with Crippen LogP contribution >= 0.6 is 22.6 Å². The Kier molecular flexibility index (Phi) is 8.84. The molecule has 184 valence electrons. The zero-order valence-electron chi connectivity index (χ0n) is 17.1. The number of ether oxygens (including phenoxy) is 3. The first-order chi connectivity index (χ1) is 15.7. The predicted molar refractivity (Wildman–Crippen MR) is 119 cm³/mol. The highest BCUT2D eigenvalue weighted by atomic mass is 127. The third-order valence-corrected chi connectivity index (χ3v) is 5.89. The van der Waals surface area contributed by atoms with Gasteiger partial charge in [-0.1, -0.05) is 0 Å². The number of rotatable bonds is 10. The van der Waals surface area contributed by atoms with E-state index in [1.165, 1.54) is 0 Å². The number of nitro benzene ring substituents is 1. The first kappa shape index (κ1) is 27.3. The van der Waals surface area contributed by atoms with Gasteiger partial charge in [0.1, 0.15) is 19.0 Å². The van der Waals surface area contributed by atoms with E-state index in [2.05, 4.69) is 27.3 Å². The maximum absolute atomic E-state index is 13.7. The van der Waals surface area contributed by atoms with Crippen LogP contribution in [0.4, 0.5) is 14.5 Å². The molecule has 1 atom stereocenters. The Hall–Kier alpha value is -2.92. The van der Waals surface area contributed by atoms with Gasteiger partial charge >= 0.3 is 27.3 Å². The van der Waals surface area contributed by atoms with Crippen molar-refractivity contribution in [2.75, 3.05) is 13.2 Å². The molecular formula is C19H16F2INO10S. The van der Waals surface area contributed by atoms with Crippen molar-refractivity contribution in [3.63, 3.8) is 0 Å². The number of halogens is 3. The Bertz CT molecular complexity index is 1190. The second kappa shape index (κ2) is 11.0. The highest BCUT2D eigenvalue weighted by Crippen LogP contribution is 2.29. The summed E-state index contributed by atoms with van der Waals surface area (Å²) in [5.41, 5.74) is -2.07. The van der Waals surface area contributed by atoms with Gasteiger partial charge in [0.05, 0.1) is 16.1 Å². The fraction of sp³-hybridized carbons (Fsp3) is 0.263. The van der Waals surface area contributed by atoms with Crippen LogP contribution in [0.3, 0.4) is 0 Å². The Morgan fingerprint density at radius 2 is 1.74 bits per heavy atom. The fourth-order valence-electron chi connectivity index (χ4n) is 2.40. The Labute approximate surface area is 205 Å². The molecule has 34 heavy (non-hydrogen) atoms. The van der Waals surface area contributed by atoms with E-state index in [0.29, 0.717) is 18.7 Å². The van der Waals surface area contributed by atoms with E-state index in [1.54, 1.807) is 24.3 Å². The molecule has 2 aromatic carbocycles. The molecule has 0 fully saturated rings. The number of alkyl halides is 2. The molecule has 0 amide bonds. The summed E-state index contributed by atoms with van der Waals surface area (Å²) < 4.78 is 73.4. The standard InChI is InChI=1S/C19H16F2INO10S/c1-11(19(20,21)34(28,29)30)33-18(25)16-10-13(23(26)27)4-7-15(16)17(24)32-9-8-31-14-5-2-12(22)3-6-14/h2-7,10-11H,8-9H2,1H3,(H,28,29,30). The maximum atomic E-state index is 13.7. The second-order valence-corrected chi connectivity index (χ2v) is 9.25. The molecule has 0 aliphatic rings. The van der Waals surface area contributed by atoms with Gasteiger partial charge < -0.3 is 14.2 Å². The van der Waals surface area contributed by atoms with Gasteiger partial charge in [0.2, 0.25) is 0 Å². The first-order valence-corrected chi connectivity index (χ1v) is 11.7. The number of esters is 2. The smallest absolute Gasteiger partial charge is 0.405 e. The summed E-state index contributed by atoms with van der Waals surface area (Å²) in [7, 11) is -5.94. The van der Waals surface area contributed by atoms with Crippen molar-refractivity contribution in [1.82, 2.24) is 0 Å². The summed E-state index contributed by atoms with van der Waals surface area (Å²) in [5.74, 6) is -2.34. The van der Waals surface area contributed by atoms with Crippen LogP contribution in [-0.2, 0) is 19.6 Å². The molecule has 0 saturated carbocycles. The summed E-state index contributed by atoms with van der Waals surface area (Å²) in [6, 6.07) is 9.22. The predicted octanol–water partition coefficient (Wildman–Crippen LogP) is 3.46. The molecule has 1 unspecified atom stereocenters. The molecular weight excluding hydrogens is 599 g/mol. The van der Waals surface area contributed by atoms with Gasteiger partial charge in [-0.25, -0.2) is 9.59 Å². The van der Waals surface area contributed by atoms with Crippen LogP contribution in [0.5, 0.6) is 5.75 Å². The highest BCUT2D eigenvalue weighted by molar-refractivity contribution is 14.1. The fourth-order valence-corrected chi connectivity index (χ4v) is 3.22. The Balaban J connectivity index is 2.17. The van der Waals surface area contributed by atoms with Gasteiger partial charge in [0.25, 0.3) is 5.69 Å². The third kappa shape index (κ3) is 6.80. The average molecular weight is 615 g/mol. The van der Waals surface area contributed by atoms with E-state index in [1.807, 2.05) is 0 Å².